The third kappa shape index (κ3) is 2.99. The van der Waals surface area contributed by atoms with Crippen molar-refractivity contribution in [3.63, 3.8) is 0 Å². The number of aliphatic hydroxyl groups is 1. The fourth-order valence-electron chi connectivity index (χ4n) is 3.13. The van der Waals surface area contributed by atoms with Gasteiger partial charge in [0.25, 0.3) is 0 Å². The van der Waals surface area contributed by atoms with Crippen molar-refractivity contribution in [2.24, 2.45) is 0 Å². The molecule has 2 N–H and O–H groups in total. The van der Waals surface area contributed by atoms with Crippen LogP contribution in [0.1, 0.15) is 43.6 Å². The third-order valence-corrected chi connectivity index (χ3v) is 4.16. The fraction of sp³-hybridized carbons (Fsp3) is 0.786. The van der Waals surface area contributed by atoms with Gasteiger partial charge in [0.2, 0.25) is 0 Å². The summed E-state index contributed by atoms with van der Waals surface area (Å²) >= 11 is 0. The van der Waals surface area contributed by atoms with Crippen LogP contribution in [-0.2, 0) is 17.8 Å². The molecule has 2 aliphatic rings. The Kier molecular flexibility index (Phi) is 3.86. The molecule has 2 heterocycles. The molecule has 3 rings (SSSR count). The van der Waals surface area contributed by atoms with Gasteiger partial charge in [-0.2, -0.15) is 0 Å². The van der Waals surface area contributed by atoms with Gasteiger partial charge >= 0.3 is 0 Å². The number of nitrogens with zero attached hydrogens (tertiary/aromatic N) is 1. The monoisotopic (exact) mass is 266 g/mol. The van der Waals surface area contributed by atoms with Crippen LogP contribution in [0.15, 0.2) is 10.6 Å². The van der Waals surface area contributed by atoms with Gasteiger partial charge in [-0.25, -0.2) is 0 Å². The average molecular weight is 266 g/mol. The molecule has 0 aromatic carbocycles. The fourth-order valence-corrected chi connectivity index (χ4v) is 3.13. The molecule has 1 aromatic rings. The lowest BCUT2D eigenvalue weighted by Crippen LogP contribution is -2.64. The van der Waals surface area contributed by atoms with E-state index in [0.717, 1.165) is 25.3 Å². The number of hydrogen-bond donors (Lipinski definition) is 2. The Hall–Kier alpha value is -0.910. The maximum absolute atomic E-state index is 9.01. The quantitative estimate of drug-likeness (QED) is 0.843. The summed E-state index contributed by atoms with van der Waals surface area (Å²) in [4.78, 5) is 0. The zero-order valence-electron chi connectivity index (χ0n) is 11.2. The van der Waals surface area contributed by atoms with Gasteiger partial charge in [-0.15, -0.1) is 0 Å². The molecule has 106 valence electrons. The lowest BCUT2D eigenvalue weighted by Gasteiger charge is -2.45. The average Bonchev–Trinajstić information content (AvgIpc) is 2.85. The van der Waals surface area contributed by atoms with E-state index in [0.29, 0.717) is 11.8 Å². The van der Waals surface area contributed by atoms with Crippen LogP contribution in [0.4, 0.5) is 0 Å². The summed E-state index contributed by atoms with van der Waals surface area (Å²) < 4.78 is 10.5. The Balaban J connectivity index is 1.61. The maximum Gasteiger partial charge on any atom is 0.162 e. The summed E-state index contributed by atoms with van der Waals surface area (Å²) in [5, 5.41) is 16.8. The molecule has 19 heavy (non-hydrogen) atoms. The summed E-state index contributed by atoms with van der Waals surface area (Å²) in [6.07, 6.45) is 7.36. The Labute approximate surface area is 113 Å². The molecule has 1 saturated carbocycles. The summed E-state index contributed by atoms with van der Waals surface area (Å²) in [7, 11) is 0. The highest BCUT2D eigenvalue weighted by atomic mass is 16.5. The summed E-state index contributed by atoms with van der Waals surface area (Å²) in [6.45, 7) is 1.39. The Morgan fingerprint density at radius 1 is 1.32 bits per heavy atom. The van der Waals surface area contributed by atoms with Gasteiger partial charge in [-0.05, 0) is 12.8 Å². The van der Waals surface area contributed by atoms with E-state index >= 15 is 0 Å². The molecule has 5 heteroatoms. The molecular formula is C14H22N2O3. The van der Waals surface area contributed by atoms with Gasteiger partial charge in [-0.1, -0.05) is 24.4 Å². The molecule has 0 spiro atoms. The first kappa shape index (κ1) is 13.1. The van der Waals surface area contributed by atoms with Gasteiger partial charge < -0.3 is 19.7 Å². The van der Waals surface area contributed by atoms with Crippen LogP contribution in [0.2, 0.25) is 0 Å². The van der Waals surface area contributed by atoms with E-state index in [4.69, 9.17) is 14.4 Å². The second-order valence-corrected chi connectivity index (χ2v) is 5.87. The molecule has 1 aromatic heterocycles. The van der Waals surface area contributed by atoms with E-state index in [9.17, 15) is 0 Å². The first-order chi connectivity index (χ1) is 9.30. The highest BCUT2D eigenvalue weighted by Crippen LogP contribution is 2.27. The lowest BCUT2D eigenvalue weighted by molar-refractivity contribution is -0.0815. The minimum atomic E-state index is -0.0907. The molecular weight excluding hydrogens is 244 g/mol. The molecule has 0 radical (unpaired) electrons. The normalized spacial score (nSPS) is 23.2. The Bertz CT molecular complexity index is 409. The molecule has 2 fully saturated rings. The second kappa shape index (κ2) is 5.61. The molecule has 0 bridgehead atoms. The number of hydrogen-bond acceptors (Lipinski definition) is 5. The zero-order valence-corrected chi connectivity index (χ0v) is 11.2. The zero-order chi connectivity index (χ0) is 13.1. The number of ether oxygens (including phenoxy) is 1. The molecule has 1 saturated heterocycles. The van der Waals surface area contributed by atoms with Crippen LogP contribution >= 0.6 is 0 Å². The third-order valence-electron chi connectivity index (χ3n) is 4.16. The van der Waals surface area contributed by atoms with Crippen molar-refractivity contribution in [2.75, 3.05) is 13.2 Å². The molecule has 0 atom stereocenters. The van der Waals surface area contributed by atoms with Crippen molar-refractivity contribution in [3.05, 3.63) is 17.5 Å². The van der Waals surface area contributed by atoms with E-state index in [2.05, 4.69) is 10.5 Å². The number of aromatic nitrogens is 1. The minimum absolute atomic E-state index is 0.0195. The summed E-state index contributed by atoms with van der Waals surface area (Å²) in [5.74, 6) is 0.531. The Morgan fingerprint density at radius 3 is 2.68 bits per heavy atom. The summed E-state index contributed by atoms with van der Waals surface area (Å²) in [5.41, 5.74) is 0.918. The topological polar surface area (TPSA) is 67.5 Å². The summed E-state index contributed by atoms with van der Waals surface area (Å²) in [6, 6.07) is 2.45. The van der Waals surface area contributed by atoms with Crippen LogP contribution < -0.4 is 5.32 Å². The van der Waals surface area contributed by atoms with Crippen LogP contribution in [0.25, 0.3) is 0 Å². The first-order valence-corrected chi connectivity index (χ1v) is 7.20. The van der Waals surface area contributed by atoms with Gasteiger partial charge in [0, 0.05) is 18.5 Å². The molecule has 0 amide bonds. The van der Waals surface area contributed by atoms with Gasteiger partial charge in [0.05, 0.1) is 24.4 Å². The van der Waals surface area contributed by atoms with Crippen molar-refractivity contribution in [3.8, 4) is 0 Å². The highest BCUT2D eigenvalue weighted by Gasteiger charge is 2.41. The van der Waals surface area contributed by atoms with E-state index < -0.39 is 0 Å². The Morgan fingerprint density at radius 2 is 2.11 bits per heavy atom. The van der Waals surface area contributed by atoms with E-state index in [1.54, 1.807) is 0 Å². The maximum atomic E-state index is 9.01. The highest BCUT2D eigenvalue weighted by molar-refractivity contribution is 5.12. The van der Waals surface area contributed by atoms with Crippen LogP contribution in [0.5, 0.6) is 0 Å². The van der Waals surface area contributed by atoms with E-state index in [1.165, 1.54) is 32.1 Å². The van der Waals surface area contributed by atoms with Crippen LogP contribution in [0.3, 0.4) is 0 Å². The van der Waals surface area contributed by atoms with Crippen LogP contribution in [-0.4, -0.2) is 35.1 Å². The van der Waals surface area contributed by atoms with Crippen molar-refractivity contribution < 1.29 is 14.4 Å². The largest absolute Gasteiger partial charge is 0.388 e. The minimum Gasteiger partial charge on any atom is -0.388 e. The second-order valence-electron chi connectivity index (χ2n) is 5.87. The van der Waals surface area contributed by atoms with E-state index in [-0.39, 0.29) is 12.1 Å². The molecule has 0 unspecified atom stereocenters. The van der Waals surface area contributed by atoms with Crippen molar-refractivity contribution in [2.45, 2.75) is 56.7 Å². The standard InChI is InChI=1S/C14H22N2O3/c17-8-13-6-12(16-19-13)7-14(9-18-10-14)15-11-4-2-1-3-5-11/h6,11,15,17H,1-5,7-10H2. The smallest absolute Gasteiger partial charge is 0.162 e. The van der Waals surface area contributed by atoms with Crippen LogP contribution in [0, 0.1) is 0 Å². The molecule has 1 aliphatic heterocycles. The van der Waals surface area contributed by atoms with Gasteiger partial charge in [-0.3, -0.25) is 0 Å². The van der Waals surface area contributed by atoms with E-state index in [1.807, 2.05) is 6.07 Å². The number of nitrogens with one attached hydrogen (secondary N) is 1. The van der Waals surface area contributed by atoms with Crippen molar-refractivity contribution >= 4 is 0 Å². The molecule has 1 aliphatic carbocycles. The number of rotatable bonds is 5. The van der Waals surface area contributed by atoms with Crippen molar-refractivity contribution in [1.29, 1.82) is 0 Å². The predicted octanol–water partition coefficient (Wildman–Crippen LogP) is 1.40. The SMILES string of the molecule is OCc1cc(CC2(NC3CCCCC3)COC2)no1. The lowest BCUT2D eigenvalue weighted by atomic mass is 9.87. The number of aliphatic hydroxyl groups excluding tert-OH is 1. The van der Waals surface area contributed by atoms with Gasteiger partial charge in [0.1, 0.15) is 6.61 Å². The van der Waals surface area contributed by atoms with Gasteiger partial charge in [0.15, 0.2) is 5.76 Å². The predicted molar refractivity (Wildman–Crippen MR) is 69.7 cm³/mol. The molecule has 5 nitrogen and oxygen atoms in total. The first-order valence-electron chi connectivity index (χ1n) is 7.20. The van der Waals surface area contributed by atoms with Crippen molar-refractivity contribution in [1.82, 2.24) is 10.5 Å².